The average molecular weight is 694 g/mol. The molecule has 3 heterocycles. The molecule has 0 radical (unpaired) electrons. The van der Waals surface area contributed by atoms with Gasteiger partial charge in [0.25, 0.3) is 0 Å². The highest BCUT2D eigenvalue weighted by molar-refractivity contribution is 5.73. The molecule has 0 spiro atoms. The van der Waals surface area contributed by atoms with Crippen LogP contribution < -0.4 is 5.32 Å². The van der Waals surface area contributed by atoms with E-state index in [2.05, 4.69) is 5.32 Å². The molecule has 0 aromatic heterocycles. The Morgan fingerprint density at radius 2 is 1.26 bits per heavy atom. The van der Waals surface area contributed by atoms with Crippen molar-refractivity contribution in [3.05, 3.63) is 0 Å². The second kappa shape index (κ2) is 17.6. The van der Waals surface area contributed by atoms with Crippen molar-refractivity contribution in [3.63, 3.8) is 0 Å². The van der Waals surface area contributed by atoms with Crippen LogP contribution in [0.2, 0.25) is 0 Å². The van der Waals surface area contributed by atoms with Crippen LogP contribution in [0.4, 0.5) is 0 Å². The van der Waals surface area contributed by atoms with Gasteiger partial charge in [-0.3, -0.25) is 4.79 Å². The van der Waals surface area contributed by atoms with Crippen LogP contribution in [0, 0.1) is 0 Å². The summed E-state index contributed by atoms with van der Waals surface area (Å²) >= 11 is 0. The van der Waals surface area contributed by atoms with E-state index in [0.717, 1.165) is 6.92 Å². The minimum absolute atomic E-state index is 0.785. The molecule has 0 aliphatic carbocycles. The standard InChI is InChI=1S/C26H47NO20/c1-7-14(34)18(38)20(40)25(42-7)45-12(6-31)22(15(35)9(33)3-28)46-24-13(27-8(2)32)23(17(37)11(5-30)43-24)47-26-21(41)19(39)16(36)10(4-29)44-26/h7,9-26,28-31,33-41H,3-6H2,1-2H3,(H,27,32)/t7-,9+,10+,11+,12-,13+,14+,15-,16-,17-,18+,19-,20-,21+,22+,23+,24+,25-,26+/m0/s1. The average Bonchev–Trinajstić information content (AvgIpc) is 3.05. The fourth-order valence-electron chi connectivity index (χ4n) is 5.46. The van der Waals surface area contributed by atoms with Crippen LogP contribution >= 0.6 is 0 Å². The number of nitrogens with one attached hydrogen (secondary N) is 1. The Bertz CT molecular complexity index is 965. The summed E-state index contributed by atoms with van der Waals surface area (Å²) in [6, 6.07) is -1.65. The zero-order valence-electron chi connectivity index (χ0n) is 25.5. The zero-order chi connectivity index (χ0) is 35.3. The van der Waals surface area contributed by atoms with Crippen LogP contribution in [0.1, 0.15) is 13.8 Å². The lowest BCUT2D eigenvalue weighted by Gasteiger charge is -2.48. The number of ether oxygens (including phenoxy) is 6. The first kappa shape index (κ1) is 40.1. The van der Waals surface area contributed by atoms with E-state index >= 15 is 0 Å². The molecule has 21 nitrogen and oxygen atoms in total. The van der Waals surface area contributed by atoms with Gasteiger partial charge in [0.2, 0.25) is 5.91 Å². The largest absolute Gasteiger partial charge is 0.394 e. The van der Waals surface area contributed by atoms with Crippen molar-refractivity contribution in [1.82, 2.24) is 5.32 Å². The van der Waals surface area contributed by atoms with Crippen molar-refractivity contribution in [3.8, 4) is 0 Å². The quantitative estimate of drug-likeness (QED) is 0.0803. The molecule has 3 rings (SSSR count). The predicted molar refractivity (Wildman–Crippen MR) is 146 cm³/mol. The van der Waals surface area contributed by atoms with Gasteiger partial charge in [-0.05, 0) is 6.92 Å². The van der Waals surface area contributed by atoms with Gasteiger partial charge in [0.1, 0.15) is 91.5 Å². The molecule has 47 heavy (non-hydrogen) atoms. The third-order valence-electron chi connectivity index (χ3n) is 8.24. The van der Waals surface area contributed by atoms with Crippen LogP contribution in [0.15, 0.2) is 0 Å². The van der Waals surface area contributed by atoms with Gasteiger partial charge in [0.15, 0.2) is 18.9 Å². The van der Waals surface area contributed by atoms with Gasteiger partial charge in [-0.15, -0.1) is 0 Å². The van der Waals surface area contributed by atoms with Crippen molar-refractivity contribution in [2.45, 2.75) is 130 Å². The molecule has 0 unspecified atom stereocenters. The summed E-state index contributed by atoms with van der Waals surface area (Å²) in [7, 11) is 0. The summed E-state index contributed by atoms with van der Waals surface area (Å²) < 4.78 is 33.6. The second-order valence-corrected chi connectivity index (χ2v) is 11.6. The molecule has 276 valence electrons. The topological polar surface area (TPSA) is 347 Å². The number of aliphatic hydroxyl groups excluding tert-OH is 13. The molecule has 3 fully saturated rings. The lowest BCUT2D eigenvalue weighted by Crippen LogP contribution is -2.69. The van der Waals surface area contributed by atoms with Crippen LogP contribution in [0.25, 0.3) is 0 Å². The number of hydrogen-bond acceptors (Lipinski definition) is 20. The number of amides is 1. The van der Waals surface area contributed by atoms with Crippen molar-refractivity contribution < 1.29 is 99.6 Å². The van der Waals surface area contributed by atoms with Gasteiger partial charge >= 0.3 is 0 Å². The Labute approximate surface area is 268 Å². The van der Waals surface area contributed by atoms with Crippen molar-refractivity contribution >= 4 is 5.91 Å². The summed E-state index contributed by atoms with van der Waals surface area (Å²) in [5.41, 5.74) is 0. The Hall–Kier alpha value is -1.29. The Kier molecular flexibility index (Phi) is 15.0. The minimum Gasteiger partial charge on any atom is -0.394 e. The van der Waals surface area contributed by atoms with Crippen LogP contribution in [-0.2, 0) is 33.2 Å². The van der Waals surface area contributed by atoms with E-state index in [0.29, 0.717) is 0 Å². The normalized spacial score (nSPS) is 43.9. The van der Waals surface area contributed by atoms with Crippen LogP contribution in [0.5, 0.6) is 0 Å². The van der Waals surface area contributed by atoms with Crippen LogP contribution in [-0.4, -0.2) is 215 Å². The predicted octanol–water partition coefficient (Wildman–Crippen LogP) is -8.94. The number of hydrogen-bond donors (Lipinski definition) is 14. The molecule has 3 aliphatic rings. The van der Waals surface area contributed by atoms with Gasteiger partial charge in [0, 0.05) is 6.92 Å². The third kappa shape index (κ3) is 9.09. The molecule has 0 saturated carbocycles. The highest BCUT2D eigenvalue weighted by Gasteiger charge is 2.53. The first-order valence-corrected chi connectivity index (χ1v) is 14.9. The minimum atomic E-state index is -2.13. The molecule has 0 aromatic rings. The van der Waals surface area contributed by atoms with E-state index in [9.17, 15) is 71.2 Å². The summed E-state index contributed by atoms with van der Waals surface area (Å²) in [5.74, 6) is -0.785. The number of carbonyl (C=O) groups excluding carboxylic acids is 1. The molecule has 0 aromatic carbocycles. The molecular weight excluding hydrogens is 646 g/mol. The summed E-state index contributed by atoms with van der Waals surface area (Å²) in [4.78, 5) is 12.3. The molecule has 14 N–H and O–H groups in total. The molecule has 21 heteroatoms. The van der Waals surface area contributed by atoms with Gasteiger partial charge in [-0.2, -0.15) is 0 Å². The SMILES string of the molecule is CC(=O)N[C@H]1[C@@H](O[C@@H]([C@@H](O)[C@H](O)CO)[C@H](CO)O[C@@H]2O[C@@H](C)[C@@H](O)[C@@H](O)[C@@H]2O)O[C@H](CO)[C@H](O)[C@@H]1O[C@H]1O[C@H](CO)[C@H](O)[C@H](O)[C@H]1O. The highest BCUT2D eigenvalue weighted by Crippen LogP contribution is 2.32. The third-order valence-corrected chi connectivity index (χ3v) is 8.24. The van der Waals surface area contributed by atoms with Crippen molar-refractivity contribution in [2.75, 3.05) is 26.4 Å². The number of rotatable bonds is 14. The molecule has 3 saturated heterocycles. The summed E-state index contributed by atoms with van der Waals surface area (Å²) in [5, 5.41) is 135. The van der Waals surface area contributed by atoms with Crippen molar-refractivity contribution in [1.29, 1.82) is 0 Å². The zero-order valence-corrected chi connectivity index (χ0v) is 25.5. The Morgan fingerprint density at radius 1 is 0.702 bits per heavy atom. The number of carbonyl (C=O) groups is 1. The highest BCUT2D eigenvalue weighted by atomic mass is 16.7. The Morgan fingerprint density at radius 3 is 1.81 bits per heavy atom. The van der Waals surface area contributed by atoms with E-state index in [4.69, 9.17) is 28.4 Å². The van der Waals surface area contributed by atoms with Crippen LogP contribution in [0.3, 0.4) is 0 Å². The lowest BCUT2D eigenvalue weighted by molar-refractivity contribution is -0.359. The molecule has 19 atom stereocenters. The maximum Gasteiger partial charge on any atom is 0.217 e. The first-order valence-electron chi connectivity index (χ1n) is 14.9. The summed E-state index contributed by atoms with van der Waals surface area (Å²) in [6.45, 7) is -1.47. The molecule has 1 amide bonds. The van der Waals surface area contributed by atoms with Gasteiger partial charge in [0.05, 0.1) is 32.5 Å². The van der Waals surface area contributed by atoms with Gasteiger partial charge in [-0.25, -0.2) is 0 Å². The van der Waals surface area contributed by atoms with Crippen molar-refractivity contribution in [2.24, 2.45) is 0 Å². The van der Waals surface area contributed by atoms with E-state index in [1.54, 1.807) is 0 Å². The smallest absolute Gasteiger partial charge is 0.217 e. The number of aliphatic hydroxyl groups is 13. The first-order chi connectivity index (χ1) is 22.1. The molecule has 0 bridgehead atoms. The fourth-order valence-corrected chi connectivity index (χ4v) is 5.46. The van der Waals surface area contributed by atoms with E-state index in [1.165, 1.54) is 6.92 Å². The van der Waals surface area contributed by atoms with Gasteiger partial charge in [-0.1, -0.05) is 0 Å². The van der Waals surface area contributed by atoms with Gasteiger partial charge < -0.3 is 100 Å². The Balaban J connectivity index is 1.97. The lowest BCUT2D eigenvalue weighted by atomic mass is 9.95. The maximum absolute atomic E-state index is 12.3. The summed E-state index contributed by atoms with van der Waals surface area (Å²) in [6.07, 6.45) is -31.9. The fraction of sp³-hybridized carbons (Fsp3) is 0.962. The monoisotopic (exact) mass is 693 g/mol. The second-order valence-electron chi connectivity index (χ2n) is 11.6. The van der Waals surface area contributed by atoms with E-state index < -0.39 is 149 Å². The van der Waals surface area contributed by atoms with E-state index in [1.807, 2.05) is 0 Å². The van der Waals surface area contributed by atoms with E-state index in [-0.39, 0.29) is 0 Å². The maximum atomic E-state index is 12.3. The molecular formula is C26H47NO20. The molecule has 3 aliphatic heterocycles.